The van der Waals surface area contributed by atoms with E-state index in [0.717, 1.165) is 11.2 Å². The molecule has 2 N–H and O–H groups in total. The van der Waals surface area contributed by atoms with Crippen LogP contribution in [-0.2, 0) is 0 Å². The molecule has 0 bridgehead atoms. The Hall–Kier alpha value is -4.27. The highest BCUT2D eigenvalue weighted by molar-refractivity contribution is 6.07. The summed E-state index contributed by atoms with van der Waals surface area (Å²) in [5, 5.41) is 10.3. The molecular formula is C25H27FN6O2. The first-order valence-electron chi connectivity index (χ1n) is 11.0. The molecule has 1 saturated heterocycles. The Bertz CT molecular complexity index is 1380. The summed E-state index contributed by atoms with van der Waals surface area (Å²) in [6.07, 6.45) is 4.00. The van der Waals surface area contributed by atoms with Gasteiger partial charge < -0.3 is 15.5 Å². The molecule has 3 heterocycles. The Morgan fingerprint density at radius 2 is 1.85 bits per heavy atom. The van der Waals surface area contributed by atoms with Crippen LogP contribution in [0.4, 0.5) is 10.2 Å². The van der Waals surface area contributed by atoms with Crippen molar-refractivity contribution in [2.24, 2.45) is 0 Å². The molecule has 176 valence electrons. The van der Waals surface area contributed by atoms with Gasteiger partial charge in [0.1, 0.15) is 11.6 Å². The summed E-state index contributed by atoms with van der Waals surface area (Å²) in [6, 6.07) is 16.5. The molecule has 0 saturated carbocycles. The van der Waals surface area contributed by atoms with Crippen molar-refractivity contribution in [2.75, 3.05) is 18.5 Å². The Morgan fingerprint density at radius 3 is 2.62 bits per heavy atom. The first-order chi connectivity index (χ1) is 16.5. The van der Waals surface area contributed by atoms with Gasteiger partial charge in [0.05, 0.1) is 17.2 Å². The molecule has 9 heteroatoms. The van der Waals surface area contributed by atoms with Crippen molar-refractivity contribution in [3.8, 4) is 0 Å². The molecule has 2 aromatic heterocycles. The first kappa shape index (κ1) is 21.6. The van der Waals surface area contributed by atoms with Crippen LogP contribution in [0.3, 0.4) is 0 Å². The summed E-state index contributed by atoms with van der Waals surface area (Å²) in [6.45, 7) is 0.474. The van der Waals surface area contributed by atoms with Crippen LogP contribution in [0.5, 0.6) is 0 Å². The molecule has 4 aromatic rings. The van der Waals surface area contributed by atoms with Crippen molar-refractivity contribution in [1.82, 2.24) is 25.2 Å². The maximum atomic E-state index is 14.0. The number of carbonyl (C=O) groups is 2. The lowest BCUT2D eigenvalue weighted by molar-refractivity contribution is 0.0915. The number of nitrogens with zero attached hydrogens (tertiary/aromatic N) is 4. The standard InChI is InChI=1S/C25H23FN6O2.2H2/c1-27-24(33)19-7-2-3-8-20(19)25(34)29-18-14-21(16-5-4-6-17(26)13-16)31(15-18)23-10-9-22-28-11-12-32(22)30-23;;/h2-13,18,21H,14-15H2,1H3,(H,27,33)(H,29,34);2*1H/t18?,21-;;/m1../s1. The summed E-state index contributed by atoms with van der Waals surface area (Å²) < 4.78 is 15.7. The average molecular weight is 463 g/mol. The van der Waals surface area contributed by atoms with E-state index in [0.29, 0.717) is 29.9 Å². The number of aromatic nitrogens is 3. The number of nitrogens with one attached hydrogen (secondary N) is 2. The molecule has 2 amide bonds. The van der Waals surface area contributed by atoms with Crippen molar-refractivity contribution in [2.45, 2.75) is 18.5 Å². The summed E-state index contributed by atoms with van der Waals surface area (Å²) >= 11 is 0. The number of halogens is 1. The van der Waals surface area contributed by atoms with E-state index in [-0.39, 0.29) is 32.6 Å². The zero-order chi connectivity index (χ0) is 23.7. The maximum Gasteiger partial charge on any atom is 0.252 e. The third-order valence-corrected chi connectivity index (χ3v) is 6.05. The van der Waals surface area contributed by atoms with Crippen molar-refractivity contribution >= 4 is 23.3 Å². The van der Waals surface area contributed by atoms with E-state index in [9.17, 15) is 14.0 Å². The summed E-state index contributed by atoms with van der Waals surface area (Å²) in [5.74, 6) is -0.277. The number of rotatable bonds is 5. The quantitative estimate of drug-likeness (QED) is 0.474. The first-order valence-corrected chi connectivity index (χ1v) is 11.0. The highest BCUT2D eigenvalue weighted by Crippen LogP contribution is 2.36. The number of amides is 2. The van der Waals surface area contributed by atoms with E-state index in [1.165, 1.54) is 19.2 Å². The Balaban J connectivity index is 0.00000180. The molecule has 1 fully saturated rings. The minimum absolute atomic E-state index is 0. The molecule has 2 aromatic carbocycles. The highest BCUT2D eigenvalue weighted by Gasteiger charge is 2.35. The van der Waals surface area contributed by atoms with Crippen LogP contribution in [-0.4, -0.2) is 46.0 Å². The summed E-state index contributed by atoms with van der Waals surface area (Å²) in [4.78, 5) is 31.6. The van der Waals surface area contributed by atoms with E-state index in [2.05, 4.69) is 25.6 Å². The van der Waals surface area contributed by atoms with E-state index >= 15 is 0 Å². The number of hydrogen-bond acceptors (Lipinski definition) is 5. The molecule has 1 aliphatic heterocycles. The van der Waals surface area contributed by atoms with Crippen molar-refractivity contribution in [3.63, 3.8) is 0 Å². The number of benzene rings is 2. The smallest absolute Gasteiger partial charge is 0.252 e. The van der Waals surface area contributed by atoms with Crippen LogP contribution in [0.2, 0.25) is 0 Å². The van der Waals surface area contributed by atoms with Gasteiger partial charge in [0, 0.05) is 34.9 Å². The minimum Gasteiger partial charge on any atom is -0.355 e. The van der Waals surface area contributed by atoms with E-state index in [1.54, 1.807) is 47.2 Å². The molecule has 1 aliphatic rings. The van der Waals surface area contributed by atoms with E-state index in [4.69, 9.17) is 0 Å². The lowest BCUT2D eigenvalue weighted by Gasteiger charge is -2.25. The van der Waals surface area contributed by atoms with Gasteiger partial charge in [-0.3, -0.25) is 9.59 Å². The van der Waals surface area contributed by atoms with Gasteiger partial charge in [0.25, 0.3) is 11.8 Å². The average Bonchev–Trinajstić information content (AvgIpc) is 3.50. The van der Waals surface area contributed by atoms with Gasteiger partial charge in [0.15, 0.2) is 5.65 Å². The fourth-order valence-corrected chi connectivity index (χ4v) is 4.46. The maximum absolute atomic E-state index is 14.0. The van der Waals surface area contributed by atoms with Gasteiger partial charge in [0.2, 0.25) is 0 Å². The zero-order valence-electron chi connectivity index (χ0n) is 18.5. The molecule has 5 rings (SSSR count). The van der Waals surface area contributed by atoms with Crippen molar-refractivity contribution < 1.29 is 16.8 Å². The SMILES string of the molecule is CNC(=O)c1ccccc1C(=O)NC1C[C@H](c2cccc(F)c2)N(c2ccc3nccn3n2)C1.[HH].[HH]. The zero-order valence-corrected chi connectivity index (χ0v) is 18.5. The highest BCUT2D eigenvalue weighted by atomic mass is 19.1. The second kappa shape index (κ2) is 8.93. The fourth-order valence-electron chi connectivity index (χ4n) is 4.46. The largest absolute Gasteiger partial charge is 0.355 e. The number of carbonyl (C=O) groups excluding carboxylic acids is 2. The second-order valence-corrected chi connectivity index (χ2v) is 8.18. The summed E-state index contributed by atoms with van der Waals surface area (Å²) in [7, 11) is 1.53. The van der Waals surface area contributed by atoms with Gasteiger partial charge in [-0.25, -0.2) is 13.9 Å². The normalized spacial score (nSPS) is 17.6. The Kier molecular flexibility index (Phi) is 5.67. The van der Waals surface area contributed by atoms with Gasteiger partial charge in [-0.1, -0.05) is 24.3 Å². The Labute approximate surface area is 198 Å². The molecule has 34 heavy (non-hydrogen) atoms. The molecule has 1 unspecified atom stereocenters. The van der Waals surface area contributed by atoms with Gasteiger partial charge in [-0.2, -0.15) is 0 Å². The number of fused-ring (bicyclic) bond motifs is 1. The van der Waals surface area contributed by atoms with Gasteiger partial charge >= 0.3 is 0 Å². The van der Waals surface area contributed by atoms with Crippen LogP contribution < -0.4 is 15.5 Å². The fraction of sp³-hybridized carbons (Fsp3) is 0.200. The predicted molar refractivity (Wildman–Crippen MR) is 129 cm³/mol. The van der Waals surface area contributed by atoms with Crippen molar-refractivity contribution in [1.29, 1.82) is 0 Å². The van der Waals surface area contributed by atoms with Crippen molar-refractivity contribution in [3.05, 3.63) is 95.6 Å². The number of hydrogen-bond donors (Lipinski definition) is 2. The molecule has 0 spiro atoms. The van der Waals surface area contributed by atoms with Crippen LogP contribution >= 0.6 is 0 Å². The third-order valence-electron chi connectivity index (χ3n) is 6.05. The van der Waals surface area contributed by atoms with E-state index < -0.39 is 0 Å². The molecule has 8 nitrogen and oxygen atoms in total. The van der Waals surface area contributed by atoms with Crippen LogP contribution in [0.15, 0.2) is 73.1 Å². The summed E-state index contributed by atoms with van der Waals surface area (Å²) in [5.41, 5.74) is 2.14. The third kappa shape index (κ3) is 4.07. The lowest BCUT2D eigenvalue weighted by atomic mass is 10.0. The molecular weight excluding hydrogens is 435 g/mol. The predicted octanol–water partition coefficient (Wildman–Crippen LogP) is 3.47. The van der Waals surface area contributed by atoms with Crippen LogP contribution in [0.1, 0.15) is 41.6 Å². The van der Waals surface area contributed by atoms with Crippen LogP contribution in [0, 0.1) is 5.82 Å². The number of imidazole rings is 1. The monoisotopic (exact) mass is 462 g/mol. The topological polar surface area (TPSA) is 91.6 Å². The number of anilines is 1. The van der Waals surface area contributed by atoms with Crippen LogP contribution in [0.25, 0.3) is 5.65 Å². The molecule has 0 radical (unpaired) electrons. The van der Waals surface area contributed by atoms with Gasteiger partial charge in [-0.15, -0.1) is 5.10 Å². The van der Waals surface area contributed by atoms with Gasteiger partial charge in [-0.05, 0) is 48.4 Å². The second-order valence-electron chi connectivity index (χ2n) is 8.18. The minimum atomic E-state index is -0.331. The Morgan fingerprint density at radius 1 is 1.06 bits per heavy atom. The molecule has 0 aliphatic carbocycles. The van der Waals surface area contributed by atoms with E-state index in [1.807, 2.05) is 18.2 Å². The molecule has 2 atom stereocenters. The lowest BCUT2D eigenvalue weighted by Crippen LogP contribution is -2.38.